The van der Waals surface area contributed by atoms with Crippen molar-refractivity contribution in [1.29, 1.82) is 0 Å². The van der Waals surface area contributed by atoms with Crippen LogP contribution >= 0.6 is 0 Å². The molecule has 10 nitrogen and oxygen atoms in total. The summed E-state index contributed by atoms with van der Waals surface area (Å²) in [6.07, 6.45) is 2.00. The Morgan fingerprint density at radius 2 is 1.69 bits per heavy atom. The highest BCUT2D eigenvalue weighted by atomic mass is 16.5. The predicted molar refractivity (Wildman–Crippen MR) is 142 cm³/mol. The molecule has 2 N–H and O–H groups in total. The second kappa shape index (κ2) is 12.0. The van der Waals surface area contributed by atoms with E-state index in [9.17, 15) is 24.3 Å². The van der Waals surface area contributed by atoms with Crippen LogP contribution in [0.15, 0.2) is 72.3 Å². The average molecular weight is 531 g/mol. The van der Waals surface area contributed by atoms with Crippen LogP contribution in [-0.2, 0) is 16.2 Å². The van der Waals surface area contributed by atoms with Crippen molar-refractivity contribution in [2.75, 3.05) is 18.6 Å². The molecule has 0 aliphatic carbocycles. The van der Waals surface area contributed by atoms with Crippen LogP contribution in [0.3, 0.4) is 0 Å². The maximum Gasteiger partial charge on any atom is 0.339 e. The number of carboxylic acids is 1. The molecule has 1 heterocycles. The van der Waals surface area contributed by atoms with Crippen LogP contribution in [0.2, 0.25) is 0 Å². The molecule has 0 aromatic heterocycles. The third-order valence-electron chi connectivity index (χ3n) is 5.75. The molecule has 0 atom stereocenters. The van der Waals surface area contributed by atoms with Crippen molar-refractivity contribution in [2.24, 2.45) is 0 Å². The number of barbiturate groups is 1. The van der Waals surface area contributed by atoms with Gasteiger partial charge in [0.1, 0.15) is 23.5 Å². The number of carbonyl (C=O) groups is 4. The van der Waals surface area contributed by atoms with E-state index in [1.807, 2.05) is 37.3 Å². The predicted octanol–water partition coefficient (Wildman–Crippen LogP) is 4.43. The van der Waals surface area contributed by atoms with Crippen LogP contribution in [0.4, 0.5) is 10.5 Å². The fraction of sp³-hybridized carbons (Fsp3) is 0.172. The number of methoxy groups -OCH3 is 1. The largest absolute Gasteiger partial charge is 0.493 e. The number of aromatic carboxylic acids is 1. The van der Waals surface area contributed by atoms with Crippen LogP contribution in [0, 0.1) is 0 Å². The van der Waals surface area contributed by atoms with Gasteiger partial charge in [0.15, 0.2) is 11.5 Å². The number of rotatable bonds is 10. The Balaban J connectivity index is 1.63. The Morgan fingerprint density at radius 1 is 0.949 bits per heavy atom. The first kappa shape index (κ1) is 26.9. The lowest BCUT2D eigenvalue weighted by Crippen LogP contribution is -2.54. The number of urea groups is 1. The first-order chi connectivity index (χ1) is 18.8. The van der Waals surface area contributed by atoms with Crippen molar-refractivity contribution >= 4 is 35.6 Å². The monoisotopic (exact) mass is 530 g/mol. The van der Waals surface area contributed by atoms with Gasteiger partial charge in [0.05, 0.1) is 19.4 Å². The van der Waals surface area contributed by atoms with E-state index in [-0.39, 0.29) is 34.7 Å². The number of nitrogens with one attached hydrogen (secondary N) is 1. The van der Waals surface area contributed by atoms with Gasteiger partial charge in [-0.3, -0.25) is 14.9 Å². The zero-order chi connectivity index (χ0) is 27.9. The molecule has 0 bridgehead atoms. The van der Waals surface area contributed by atoms with Gasteiger partial charge in [-0.1, -0.05) is 43.3 Å². The van der Waals surface area contributed by atoms with Crippen LogP contribution in [-0.4, -0.2) is 42.6 Å². The topological polar surface area (TPSA) is 131 Å². The van der Waals surface area contributed by atoms with E-state index in [2.05, 4.69) is 5.32 Å². The molecule has 3 aromatic carbocycles. The number of ether oxygens (including phenoxy) is 3. The summed E-state index contributed by atoms with van der Waals surface area (Å²) in [5, 5.41) is 11.9. The van der Waals surface area contributed by atoms with E-state index in [0.717, 1.165) is 16.9 Å². The lowest BCUT2D eigenvalue weighted by molar-refractivity contribution is -0.122. The van der Waals surface area contributed by atoms with Crippen LogP contribution < -0.4 is 24.4 Å². The lowest BCUT2D eigenvalue weighted by atomic mass is 10.0. The molecule has 4 amide bonds. The number of carbonyl (C=O) groups excluding carboxylic acids is 3. The molecule has 10 heteroatoms. The van der Waals surface area contributed by atoms with E-state index in [1.54, 1.807) is 6.07 Å². The summed E-state index contributed by atoms with van der Waals surface area (Å²) in [4.78, 5) is 51.3. The van der Waals surface area contributed by atoms with Crippen molar-refractivity contribution in [3.8, 4) is 17.2 Å². The molecule has 1 aliphatic rings. The fourth-order valence-electron chi connectivity index (χ4n) is 3.85. The SMILES string of the molecule is CCCOc1ccc(N2C(=O)NC(=O)/C(=C\c3ccc(OCc4ccccc4)c(C(=O)O)c3)C2=O)cc1OC. The minimum atomic E-state index is -1.24. The number of carboxylic acid groups (broad SMARTS) is 1. The lowest BCUT2D eigenvalue weighted by Gasteiger charge is -2.27. The molecule has 1 saturated heterocycles. The van der Waals surface area contributed by atoms with Crippen LogP contribution in [0.25, 0.3) is 6.08 Å². The Labute approximate surface area is 224 Å². The number of imide groups is 2. The third-order valence-corrected chi connectivity index (χ3v) is 5.75. The van der Waals surface area contributed by atoms with Crippen molar-refractivity contribution < 1.29 is 38.5 Å². The summed E-state index contributed by atoms with van der Waals surface area (Å²) >= 11 is 0. The minimum Gasteiger partial charge on any atom is -0.493 e. The highest BCUT2D eigenvalue weighted by Crippen LogP contribution is 2.33. The summed E-state index contributed by atoms with van der Waals surface area (Å²) in [6, 6.07) is 17.1. The molecule has 0 unspecified atom stereocenters. The number of nitrogens with zero attached hydrogens (tertiary/aromatic N) is 1. The van der Waals surface area contributed by atoms with Gasteiger partial charge in [-0.25, -0.2) is 14.5 Å². The molecular formula is C29H26N2O8. The molecule has 0 spiro atoms. The standard InChI is InChI=1S/C29H26N2O8/c1-3-13-38-24-12-10-20(16-25(24)37-2)31-27(33)22(26(32)30-29(31)36)15-19-9-11-23(21(14-19)28(34)35)39-17-18-7-5-4-6-8-18/h4-12,14-16H,3,13,17H2,1-2H3,(H,34,35)(H,30,32,36)/b22-15+. The summed E-state index contributed by atoms with van der Waals surface area (Å²) in [5.41, 5.74) is 0.773. The van der Waals surface area contributed by atoms with E-state index >= 15 is 0 Å². The first-order valence-corrected chi connectivity index (χ1v) is 12.1. The number of benzene rings is 3. The molecule has 1 fully saturated rings. The highest BCUT2D eigenvalue weighted by molar-refractivity contribution is 6.39. The average Bonchev–Trinajstić information content (AvgIpc) is 2.94. The summed E-state index contributed by atoms with van der Waals surface area (Å²) in [5.74, 6) is -2.15. The quantitative estimate of drug-likeness (QED) is 0.291. The maximum absolute atomic E-state index is 13.3. The van der Waals surface area contributed by atoms with Gasteiger partial charge in [0, 0.05) is 6.07 Å². The minimum absolute atomic E-state index is 0.127. The number of anilines is 1. The molecule has 39 heavy (non-hydrogen) atoms. The van der Waals surface area contributed by atoms with Gasteiger partial charge in [0.2, 0.25) is 0 Å². The molecule has 0 saturated carbocycles. The van der Waals surface area contributed by atoms with Gasteiger partial charge in [-0.2, -0.15) is 0 Å². The van der Waals surface area contributed by atoms with E-state index in [0.29, 0.717) is 18.1 Å². The van der Waals surface area contributed by atoms with Crippen molar-refractivity contribution in [3.05, 3.63) is 89.0 Å². The number of amides is 4. The van der Waals surface area contributed by atoms with Gasteiger partial charge < -0.3 is 19.3 Å². The second-order valence-corrected chi connectivity index (χ2v) is 8.48. The van der Waals surface area contributed by atoms with Gasteiger partial charge >= 0.3 is 12.0 Å². The van der Waals surface area contributed by atoms with Gasteiger partial charge in [0.25, 0.3) is 11.8 Å². The molecule has 3 aromatic rings. The molecule has 1 aliphatic heterocycles. The second-order valence-electron chi connectivity index (χ2n) is 8.48. The van der Waals surface area contributed by atoms with Crippen molar-refractivity contribution in [1.82, 2.24) is 5.32 Å². The van der Waals surface area contributed by atoms with Crippen LogP contribution in [0.1, 0.15) is 34.8 Å². The zero-order valence-corrected chi connectivity index (χ0v) is 21.3. The molecule has 200 valence electrons. The van der Waals surface area contributed by atoms with Gasteiger partial charge in [-0.05, 0) is 47.9 Å². The van der Waals surface area contributed by atoms with Crippen LogP contribution in [0.5, 0.6) is 17.2 Å². The zero-order valence-electron chi connectivity index (χ0n) is 21.3. The van der Waals surface area contributed by atoms with E-state index < -0.39 is 23.8 Å². The smallest absolute Gasteiger partial charge is 0.339 e. The summed E-state index contributed by atoms with van der Waals surface area (Å²) in [7, 11) is 1.43. The molecule has 4 rings (SSSR count). The third kappa shape index (κ3) is 6.07. The number of hydrogen-bond donors (Lipinski definition) is 2. The Hall–Kier alpha value is -5.12. The van der Waals surface area contributed by atoms with Crippen molar-refractivity contribution in [3.63, 3.8) is 0 Å². The summed E-state index contributed by atoms with van der Waals surface area (Å²) in [6.45, 7) is 2.56. The number of hydrogen-bond acceptors (Lipinski definition) is 7. The Bertz CT molecular complexity index is 1450. The Morgan fingerprint density at radius 3 is 2.38 bits per heavy atom. The molecular weight excluding hydrogens is 504 g/mol. The van der Waals surface area contributed by atoms with E-state index in [4.69, 9.17) is 14.2 Å². The molecule has 0 radical (unpaired) electrons. The first-order valence-electron chi connectivity index (χ1n) is 12.1. The normalized spacial score (nSPS) is 14.3. The maximum atomic E-state index is 13.3. The van der Waals surface area contributed by atoms with Crippen molar-refractivity contribution in [2.45, 2.75) is 20.0 Å². The fourth-order valence-corrected chi connectivity index (χ4v) is 3.85. The Kier molecular flexibility index (Phi) is 8.25. The summed E-state index contributed by atoms with van der Waals surface area (Å²) < 4.78 is 16.7. The highest BCUT2D eigenvalue weighted by Gasteiger charge is 2.37. The van der Waals surface area contributed by atoms with E-state index in [1.165, 1.54) is 43.5 Å². The van der Waals surface area contributed by atoms with Gasteiger partial charge in [-0.15, -0.1) is 0 Å².